The topological polar surface area (TPSA) is 72.2 Å². The number of anilines is 1. The maximum Gasteiger partial charge on any atom is 0.418 e. The highest BCUT2D eigenvalue weighted by Gasteiger charge is 2.33. The average Bonchev–Trinajstić information content (AvgIpc) is 3.32. The van der Waals surface area contributed by atoms with E-state index in [9.17, 15) is 18.0 Å². The number of nitrogens with one attached hydrogen (secondary N) is 1. The predicted molar refractivity (Wildman–Crippen MR) is 118 cm³/mol. The maximum absolute atomic E-state index is 13.1. The summed E-state index contributed by atoms with van der Waals surface area (Å²) in [6, 6.07) is 4.91. The number of thioether (sulfide) groups is 1. The molecule has 1 amide bonds. The molecule has 3 heterocycles. The second kappa shape index (κ2) is 8.04. The predicted octanol–water partition coefficient (Wildman–Crippen LogP) is 5.21. The van der Waals surface area contributed by atoms with Crippen LogP contribution in [0.4, 0.5) is 18.9 Å². The Morgan fingerprint density at radius 1 is 1.31 bits per heavy atom. The molecule has 32 heavy (non-hydrogen) atoms. The number of rotatable bonds is 4. The molecule has 3 aromatic heterocycles. The molecule has 1 aromatic carbocycles. The van der Waals surface area contributed by atoms with Crippen LogP contribution in [0.25, 0.3) is 15.9 Å². The molecule has 6 nitrogen and oxygen atoms in total. The molecule has 5 rings (SSSR count). The lowest BCUT2D eigenvalue weighted by Crippen LogP contribution is -2.18. The molecule has 1 atom stereocenters. The summed E-state index contributed by atoms with van der Waals surface area (Å²) in [5.74, 6) is -0.0134. The third-order valence-electron chi connectivity index (χ3n) is 5.51. The van der Waals surface area contributed by atoms with Gasteiger partial charge in [-0.3, -0.25) is 9.20 Å². The molecule has 0 unspecified atom stereocenters. The molecule has 1 aliphatic carbocycles. The monoisotopic (exact) mass is 477 g/mol. The van der Waals surface area contributed by atoms with Crippen LogP contribution in [0, 0.1) is 5.92 Å². The van der Waals surface area contributed by atoms with E-state index in [1.165, 1.54) is 28.6 Å². The summed E-state index contributed by atoms with van der Waals surface area (Å²) in [5, 5.41) is 12.4. The van der Waals surface area contributed by atoms with Gasteiger partial charge < -0.3 is 5.32 Å². The number of carbonyl (C=O) groups excluding carboxylic acids is 1. The Kier molecular flexibility index (Phi) is 5.32. The lowest BCUT2D eigenvalue weighted by molar-refractivity contribution is -0.137. The molecule has 0 saturated carbocycles. The van der Waals surface area contributed by atoms with Crippen molar-refractivity contribution in [2.75, 3.05) is 11.1 Å². The summed E-state index contributed by atoms with van der Waals surface area (Å²) in [6.07, 6.45) is 0.234. The molecule has 0 fully saturated rings. The fraction of sp³-hybridized carbons (Fsp3) is 0.333. The Labute approximate surface area is 189 Å². The van der Waals surface area contributed by atoms with Crippen LogP contribution < -0.4 is 5.32 Å². The van der Waals surface area contributed by atoms with Crippen molar-refractivity contribution in [1.82, 2.24) is 19.6 Å². The summed E-state index contributed by atoms with van der Waals surface area (Å²) in [6.45, 7) is 2.25. The van der Waals surface area contributed by atoms with E-state index in [4.69, 9.17) is 0 Å². The lowest BCUT2D eigenvalue weighted by Gasteiger charge is -2.17. The molecule has 0 radical (unpaired) electrons. The van der Waals surface area contributed by atoms with Crippen molar-refractivity contribution < 1.29 is 18.0 Å². The quantitative estimate of drug-likeness (QED) is 0.409. The van der Waals surface area contributed by atoms with Crippen molar-refractivity contribution >= 4 is 50.6 Å². The number of thiophene rings is 1. The summed E-state index contributed by atoms with van der Waals surface area (Å²) in [5.41, 5.74) is 0.840. The van der Waals surface area contributed by atoms with E-state index in [0.717, 1.165) is 47.3 Å². The standard InChI is InChI=1S/C21H18F3N5OS2/c1-11-6-7-12-15(8-11)32-19-17(12)18-27-28-20(29(18)10-25-19)31-9-16(30)26-14-5-3-2-4-13(14)21(22,23)24/h2-5,10-11H,6-9H2,1H3,(H,26,30)/t11-/m0/s1. The van der Waals surface area contributed by atoms with Crippen molar-refractivity contribution in [3.63, 3.8) is 0 Å². The van der Waals surface area contributed by atoms with Gasteiger partial charge in [0.05, 0.1) is 22.4 Å². The Hall–Kier alpha value is -2.66. The summed E-state index contributed by atoms with van der Waals surface area (Å²) >= 11 is 2.80. The maximum atomic E-state index is 13.1. The molecule has 1 N–H and O–H groups in total. The Morgan fingerprint density at radius 2 is 2.12 bits per heavy atom. The smallest absolute Gasteiger partial charge is 0.325 e. The van der Waals surface area contributed by atoms with Gasteiger partial charge in [-0.15, -0.1) is 21.5 Å². The third kappa shape index (κ3) is 3.83. The second-order valence-electron chi connectivity index (χ2n) is 7.83. The minimum absolute atomic E-state index is 0.107. The highest BCUT2D eigenvalue weighted by molar-refractivity contribution is 7.99. The fourth-order valence-electron chi connectivity index (χ4n) is 3.97. The number of aryl methyl sites for hydroxylation is 1. The van der Waals surface area contributed by atoms with Crippen molar-refractivity contribution in [2.45, 2.75) is 37.5 Å². The largest absolute Gasteiger partial charge is 0.418 e. The highest BCUT2D eigenvalue weighted by atomic mass is 32.2. The SMILES string of the molecule is C[C@H]1CCc2c(sc3ncn4c(SCC(=O)Nc5ccccc5C(F)(F)F)nnc4c23)C1. The number of hydrogen-bond acceptors (Lipinski definition) is 6. The zero-order valence-electron chi connectivity index (χ0n) is 16.9. The minimum atomic E-state index is -4.55. The van der Waals surface area contributed by atoms with Gasteiger partial charge in [-0.05, 0) is 42.9 Å². The van der Waals surface area contributed by atoms with Gasteiger partial charge in [0.1, 0.15) is 11.2 Å². The number of halogens is 3. The lowest BCUT2D eigenvalue weighted by atomic mass is 9.89. The van der Waals surface area contributed by atoms with Gasteiger partial charge in [0, 0.05) is 4.88 Å². The van der Waals surface area contributed by atoms with E-state index in [0.29, 0.717) is 16.7 Å². The number of carbonyl (C=O) groups is 1. The van der Waals surface area contributed by atoms with Gasteiger partial charge >= 0.3 is 6.18 Å². The van der Waals surface area contributed by atoms with E-state index >= 15 is 0 Å². The molecule has 0 saturated heterocycles. The van der Waals surface area contributed by atoms with Gasteiger partial charge in [0.25, 0.3) is 0 Å². The van der Waals surface area contributed by atoms with Crippen LogP contribution in [0.15, 0.2) is 35.7 Å². The van der Waals surface area contributed by atoms with E-state index in [2.05, 4.69) is 27.4 Å². The Bertz CT molecular complexity index is 1330. The molecule has 0 spiro atoms. The Balaban J connectivity index is 1.37. The van der Waals surface area contributed by atoms with Crippen LogP contribution in [-0.2, 0) is 23.8 Å². The number of para-hydroxylation sites is 1. The zero-order chi connectivity index (χ0) is 22.5. The minimum Gasteiger partial charge on any atom is -0.325 e. The molecule has 0 bridgehead atoms. The van der Waals surface area contributed by atoms with Crippen LogP contribution in [0.2, 0.25) is 0 Å². The zero-order valence-corrected chi connectivity index (χ0v) is 18.6. The third-order valence-corrected chi connectivity index (χ3v) is 7.62. The van der Waals surface area contributed by atoms with Crippen LogP contribution in [0.1, 0.15) is 29.3 Å². The average molecular weight is 478 g/mol. The second-order valence-corrected chi connectivity index (χ2v) is 9.86. The molecular weight excluding hydrogens is 459 g/mol. The van der Waals surface area contributed by atoms with Crippen LogP contribution >= 0.6 is 23.1 Å². The number of benzene rings is 1. The molecular formula is C21H18F3N5OS2. The summed E-state index contributed by atoms with van der Waals surface area (Å²) < 4.78 is 41.2. The first-order valence-corrected chi connectivity index (χ1v) is 11.8. The molecule has 4 aromatic rings. The highest BCUT2D eigenvalue weighted by Crippen LogP contribution is 2.39. The number of alkyl halides is 3. The molecule has 0 aliphatic heterocycles. The number of amides is 1. The van der Waals surface area contributed by atoms with Gasteiger partial charge in [0.2, 0.25) is 5.91 Å². The summed E-state index contributed by atoms with van der Waals surface area (Å²) in [7, 11) is 0. The first kappa shape index (κ1) is 21.2. The van der Waals surface area contributed by atoms with Gasteiger partial charge in [0.15, 0.2) is 10.8 Å². The Morgan fingerprint density at radius 3 is 2.94 bits per heavy atom. The number of fused-ring (bicyclic) bond motifs is 5. The molecule has 166 valence electrons. The van der Waals surface area contributed by atoms with E-state index in [-0.39, 0.29) is 11.4 Å². The first-order valence-electron chi connectivity index (χ1n) is 10.0. The van der Waals surface area contributed by atoms with Crippen molar-refractivity contribution in [3.05, 3.63) is 46.6 Å². The van der Waals surface area contributed by atoms with Crippen LogP contribution in [0.5, 0.6) is 0 Å². The van der Waals surface area contributed by atoms with Crippen molar-refractivity contribution in [1.29, 1.82) is 0 Å². The number of aromatic nitrogens is 4. The van der Waals surface area contributed by atoms with E-state index in [1.807, 2.05) is 0 Å². The first-order chi connectivity index (χ1) is 15.3. The van der Waals surface area contributed by atoms with Crippen molar-refractivity contribution in [2.24, 2.45) is 5.92 Å². The van der Waals surface area contributed by atoms with Crippen molar-refractivity contribution in [3.8, 4) is 0 Å². The number of hydrogen-bond donors (Lipinski definition) is 1. The fourth-order valence-corrected chi connectivity index (χ4v) is 6.02. The van der Waals surface area contributed by atoms with Gasteiger partial charge in [-0.1, -0.05) is 30.8 Å². The van der Waals surface area contributed by atoms with E-state index < -0.39 is 17.6 Å². The van der Waals surface area contributed by atoms with Gasteiger partial charge in [-0.25, -0.2) is 4.98 Å². The molecule has 1 aliphatic rings. The van der Waals surface area contributed by atoms with Gasteiger partial charge in [-0.2, -0.15) is 13.2 Å². The van der Waals surface area contributed by atoms with E-state index in [1.54, 1.807) is 22.1 Å². The van der Waals surface area contributed by atoms with Crippen LogP contribution in [0.3, 0.4) is 0 Å². The molecule has 11 heteroatoms. The number of nitrogens with zero attached hydrogens (tertiary/aromatic N) is 4. The van der Waals surface area contributed by atoms with Crippen LogP contribution in [-0.4, -0.2) is 31.2 Å². The summed E-state index contributed by atoms with van der Waals surface area (Å²) in [4.78, 5) is 19.2. The normalized spacial score (nSPS) is 16.4.